The highest BCUT2D eigenvalue weighted by molar-refractivity contribution is 9.10. The molecule has 0 spiro atoms. The fraction of sp³-hybridized carbons (Fsp3) is 0.500. The Morgan fingerprint density at radius 1 is 1.45 bits per heavy atom. The van der Waals surface area contributed by atoms with Gasteiger partial charge in [0.25, 0.3) is 0 Å². The predicted octanol–water partition coefficient (Wildman–Crippen LogP) is 1.60. The molecule has 0 aromatic heterocycles. The second-order valence-electron chi connectivity index (χ2n) is 5.77. The summed E-state index contributed by atoms with van der Waals surface area (Å²) in [5.41, 5.74) is 5.71. The van der Waals surface area contributed by atoms with Gasteiger partial charge >= 0.3 is 5.97 Å². The van der Waals surface area contributed by atoms with E-state index < -0.39 is 16.0 Å². The molecule has 1 aromatic rings. The first-order chi connectivity index (χ1) is 10.2. The van der Waals surface area contributed by atoms with Crippen LogP contribution in [0.1, 0.15) is 23.7 Å². The Morgan fingerprint density at radius 2 is 2.14 bits per heavy atom. The van der Waals surface area contributed by atoms with Gasteiger partial charge in [0.05, 0.1) is 17.6 Å². The third kappa shape index (κ3) is 3.34. The lowest BCUT2D eigenvalue weighted by Gasteiger charge is -2.22. The number of sulfonamides is 1. The summed E-state index contributed by atoms with van der Waals surface area (Å²) in [7, 11) is -2.41. The average molecular weight is 391 g/mol. The third-order valence-corrected chi connectivity index (χ3v) is 6.23. The Bertz CT molecular complexity index is 692. The quantitative estimate of drug-likeness (QED) is 0.788. The molecule has 6 nitrogen and oxygen atoms in total. The van der Waals surface area contributed by atoms with E-state index in [1.54, 1.807) is 0 Å². The smallest absolute Gasteiger partial charge is 0.337 e. The van der Waals surface area contributed by atoms with Crippen LogP contribution in [0, 0.1) is 5.41 Å². The molecule has 1 atom stereocenters. The van der Waals surface area contributed by atoms with Crippen LogP contribution in [-0.4, -0.2) is 45.4 Å². The van der Waals surface area contributed by atoms with Crippen LogP contribution < -0.4 is 5.73 Å². The summed E-state index contributed by atoms with van der Waals surface area (Å²) in [5, 5.41) is 0. The van der Waals surface area contributed by atoms with E-state index >= 15 is 0 Å². The highest BCUT2D eigenvalue weighted by atomic mass is 79.9. The molecule has 0 radical (unpaired) electrons. The van der Waals surface area contributed by atoms with Crippen LogP contribution in [-0.2, 0) is 14.8 Å². The Kier molecular flexibility index (Phi) is 4.96. The van der Waals surface area contributed by atoms with Crippen LogP contribution in [0.25, 0.3) is 0 Å². The topological polar surface area (TPSA) is 89.7 Å². The zero-order valence-electron chi connectivity index (χ0n) is 12.5. The molecule has 0 amide bonds. The molecule has 0 saturated carbocycles. The molecule has 122 valence electrons. The van der Waals surface area contributed by atoms with Crippen LogP contribution >= 0.6 is 15.9 Å². The van der Waals surface area contributed by atoms with E-state index in [0.717, 1.165) is 6.42 Å². The molecule has 1 fully saturated rings. The summed E-state index contributed by atoms with van der Waals surface area (Å²) in [6.45, 7) is 3.22. The molecule has 8 heteroatoms. The SMILES string of the molecule is COC(=O)c1cc(Br)cc(S(=O)(=O)N2CCC(C)(CN)C2)c1. The summed E-state index contributed by atoms with van der Waals surface area (Å²) in [5.74, 6) is -0.578. The van der Waals surface area contributed by atoms with Crippen molar-refractivity contribution in [2.75, 3.05) is 26.7 Å². The van der Waals surface area contributed by atoms with Gasteiger partial charge in [0.2, 0.25) is 10.0 Å². The monoisotopic (exact) mass is 390 g/mol. The zero-order valence-corrected chi connectivity index (χ0v) is 14.9. The molecule has 2 N–H and O–H groups in total. The van der Waals surface area contributed by atoms with Crippen molar-refractivity contribution < 1.29 is 17.9 Å². The van der Waals surface area contributed by atoms with Crippen molar-refractivity contribution in [2.24, 2.45) is 11.1 Å². The summed E-state index contributed by atoms with van der Waals surface area (Å²) in [4.78, 5) is 11.7. The lowest BCUT2D eigenvalue weighted by molar-refractivity contribution is 0.0600. The highest BCUT2D eigenvalue weighted by Gasteiger charge is 2.39. The standard InChI is InChI=1S/C14H19BrN2O4S/c1-14(8-16)3-4-17(9-14)22(19,20)12-6-10(13(18)21-2)5-11(15)7-12/h5-7H,3-4,8-9,16H2,1-2H3. The summed E-state index contributed by atoms with van der Waals surface area (Å²) >= 11 is 3.24. The molecule has 22 heavy (non-hydrogen) atoms. The van der Waals surface area contributed by atoms with Gasteiger partial charge in [-0.25, -0.2) is 13.2 Å². The van der Waals surface area contributed by atoms with Gasteiger partial charge in [0.15, 0.2) is 0 Å². The van der Waals surface area contributed by atoms with Gasteiger partial charge < -0.3 is 10.5 Å². The number of benzene rings is 1. The molecular formula is C14H19BrN2O4S. The first kappa shape index (κ1) is 17.4. The van der Waals surface area contributed by atoms with Crippen molar-refractivity contribution in [2.45, 2.75) is 18.2 Å². The molecule has 1 aromatic carbocycles. The van der Waals surface area contributed by atoms with Gasteiger partial charge in [-0.1, -0.05) is 22.9 Å². The number of carbonyl (C=O) groups is 1. The van der Waals surface area contributed by atoms with Crippen LogP contribution in [0.4, 0.5) is 0 Å². The maximum Gasteiger partial charge on any atom is 0.337 e. The Morgan fingerprint density at radius 3 is 2.68 bits per heavy atom. The van der Waals surface area contributed by atoms with Crippen molar-refractivity contribution in [3.63, 3.8) is 0 Å². The van der Waals surface area contributed by atoms with Gasteiger partial charge in [-0.3, -0.25) is 0 Å². The minimum atomic E-state index is -3.67. The van der Waals surface area contributed by atoms with Gasteiger partial charge in [-0.15, -0.1) is 0 Å². The predicted molar refractivity (Wildman–Crippen MR) is 86.0 cm³/mol. The Labute approximate surface area is 138 Å². The number of rotatable bonds is 4. The number of ether oxygens (including phenoxy) is 1. The van der Waals surface area contributed by atoms with Gasteiger partial charge in [-0.05, 0) is 36.6 Å². The van der Waals surface area contributed by atoms with Crippen molar-refractivity contribution in [3.05, 3.63) is 28.2 Å². The molecular weight excluding hydrogens is 372 g/mol. The molecule has 1 aliphatic rings. The lowest BCUT2D eigenvalue weighted by atomic mass is 9.90. The third-order valence-electron chi connectivity index (χ3n) is 3.95. The maximum absolute atomic E-state index is 12.8. The minimum absolute atomic E-state index is 0.0727. The number of hydrogen-bond donors (Lipinski definition) is 1. The number of carbonyl (C=O) groups excluding carboxylic acids is 1. The fourth-order valence-electron chi connectivity index (χ4n) is 2.45. The van der Waals surface area contributed by atoms with Crippen molar-refractivity contribution in [1.82, 2.24) is 4.31 Å². The van der Waals surface area contributed by atoms with Crippen molar-refractivity contribution in [3.8, 4) is 0 Å². The zero-order chi connectivity index (χ0) is 16.5. The highest BCUT2D eigenvalue weighted by Crippen LogP contribution is 2.33. The van der Waals surface area contributed by atoms with E-state index in [1.165, 1.54) is 29.6 Å². The molecule has 1 aliphatic heterocycles. The number of nitrogens with zero attached hydrogens (tertiary/aromatic N) is 1. The lowest BCUT2D eigenvalue weighted by Crippen LogP contribution is -2.34. The van der Waals surface area contributed by atoms with E-state index in [1.807, 2.05) is 6.92 Å². The number of esters is 1. The summed E-state index contributed by atoms with van der Waals surface area (Å²) < 4.78 is 32.1. The second-order valence-corrected chi connectivity index (χ2v) is 8.62. The molecule has 1 heterocycles. The Balaban J connectivity index is 2.38. The van der Waals surface area contributed by atoms with E-state index in [0.29, 0.717) is 24.1 Å². The first-order valence-electron chi connectivity index (χ1n) is 6.81. The van der Waals surface area contributed by atoms with Gasteiger partial charge in [-0.2, -0.15) is 4.31 Å². The van der Waals surface area contributed by atoms with E-state index in [-0.39, 0.29) is 15.9 Å². The van der Waals surface area contributed by atoms with Crippen LogP contribution in [0.5, 0.6) is 0 Å². The normalized spacial score (nSPS) is 22.7. The molecule has 1 unspecified atom stereocenters. The van der Waals surface area contributed by atoms with Gasteiger partial charge in [0, 0.05) is 17.6 Å². The van der Waals surface area contributed by atoms with E-state index in [2.05, 4.69) is 20.7 Å². The van der Waals surface area contributed by atoms with Crippen molar-refractivity contribution >= 4 is 31.9 Å². The maximum atomic E-state index is 12.8. The molecule has 0 aliphatic carbocycles. The van der Waals surface area contributed by atoms with Crippen molar-refractivity contribution in [1.29, 1.82) is 0 Å². The van der Waals surface area contributed by atoms with Gasteiger partial charge in [0.1, 0.15) is 0 Å². The molecule has 2 rings (SSSR count). The number of hydrogen-bond acceptors (Lipinski definition) is 5. The van der Waals surface area contributed by atoms with Crippen LogP contribution in [0.3, 0.4) is 0 Å². The second kappa shape index (κ2) is 6.27. The minimum Gasteiger partial charge on any atom is -0.465 e. The van der Waals surface area contributed by atoms with Crippen LogP contribution in [0.15, 0.2) is 27.6 Å². The van der Waals surface area contributed by atoms with E-state index in [4.69, 9.17) is 5.73 Å². The number of nitrogens with two attached hydrogens (primary N) is 1. The number of methoxy groups -OCH3 is 1. The van der Waals surface area contributed by atoms with Crippen LogP contribution in [0.2, 0.25) is 0 Å². The Hall–Kier alpha value is -0.960. The molecule has 1 saturated heterocycles. The first-order valence-corrected chi connectivity index (χ1v) is 9.04. The van der Waals surface area contributed by atoms with E-state index in [9.17, 15) is 13.2 Å². The summed E-state index contributed by atoms with van der Waals surface area (Å²) in [6.07, 6.45) is 0.723. The largest absolute Gasteiger partial charge is 0.465 e. The summed E-state index contributed by atoms with van der Waals surface area (Å²) in [6, 6.07) is 4.35. The molecule has 0 bridgehead atoms. The average Bonchev–Trinajstić information content (AvgIpc) is 2.89. The fourth-order valence-corrected chi connectivity index (χ4v) is 4.75. The number of halogens is 1.